The third kappa shape index (κ3) is 2.78. The van der Waals surface area contributed by atoms with Crippen LogP contribution in [0.2, 0.25) is 0 Å². The molecule has 12 heavy (non-hydrogen) atoms. The molecule has 1 aliphatic heterocycles. The van der Waals surface area contributed by atoms with E-state index in [-0.39, 0.29) is 13.0 Å². The molecule has 0 aromatic rings. The summed E-state index contributed by atoms with van der Waals surface area (Å²) in [4.78, 5) is 0. The maximum absolute atomic E-state index is 5.79. The number of rotatable bonds is 4. The van der Waals surface area contributed by atoms with Crippen molar-refractivity contribution >= 4 is 0 Å². The molecular formula is C11H24O. The first-order valence-corrected chi connectivity index (χ1v) is 4.97. The van der Waals surface area contributed by atoms with E-state index < -0.39 is 0 Å². The van der Waals surface area contributed by atoms with Crippen LogP contribution in [0.1, 0.15) is 59.8 Å². The van der Waals surface area contributed by atoms with E-state index in [9.17, 15) is 0 Å². The molecule has 1 atom stereocenters. The van der Waals surface area contributed by atoms with Crippen molar-refractivity contribution in [2.24, 2.45) is 0 Å². The summed E-state index contributed by atoms with van der Waals surface area (Å²) in [5.41, 5.74) is 0.288. The average molecular weight is 172 g/mol. The Kier molecular flexibility index (Phi) is 5.56. The van der Waals surface area contributed by atoms with Crippen LogP contribution in [0.4, 0.5) is 0 Å². The Morgan fingerprint density at radius 3 is 2.50 bits per heavy atom. The van der Waals surface area contributed by atoms with Gasteiger partial charge in [-0.3, -0.25) is 0 Å². The third-order valence-electron chi connectivity index (χ3n) is 2.82. The Hall–Kier alpha value is -0.0400. The van der Waals surface area contributed by atoms with Gasteiger partial charge in [-0.15, -0.1) is 0 Å². The van der Waals surface area contributed by atoms with Crippen molar-refractivity contribution in [3.05, 3.63) is 0 Å². The zero-order valence-corrected chi connectivity index (χ0v) is 7.86. The summed E-state index contributed by atoms with van der Waals surface area (Å²) in [6, 6.07) is 0. The fourth-order valence-electron chi connectivity index (χ4n) is 1.91. The van der Waals surface area contributed by atoms with Crippen molar-refractivity contribution in [2.75, 3.05) is 6.61 Å². The van der Waals surface area contributed by atoms with E-state index in [0.717, 1.165) is 6.61 Å². The molecule has 1 saturated heterocycles. The van der Waals surface area contributed by atoms with Crippen LogP contribution in [-0.2, 0) is 4.74 Å². The zero-order valence-electron chi connectivity index (χ0n) is 7.86. The molecule has 0 bridgehead atoms. The van der Waals surface area contributed by atoms with Crippen LogP contribution in [0, 0.1) is 0 Å². The van der Waals surface area contributed by atoms with Gasteiger partial charge in [-0.1, -0.05) is 34.1 Å². The van der Waals surface area contributed by atoms with Crippen molar-refractivity contribution < 1.29 is 4.74 Å². The van der Waals surface area contributed by atoms with E-state index in [1.54, 1.807) is 0 Å². The predicted molar refractivity (Wildman–Crippen MR) is 54.5 cm³/mol. The summed E-state index contributed by atoms with van der Waals surface area (Å²) in [6.45, 7) is 5.50. The maximum atomic E-state index is 5.79. The van der Waals surface area contributed by atoms with Gasteiger partial charge in [0.1, 0.15) is 0 Å². The molecule has 0 aliphatic carbocycles. The lowest BCUT2D eigenvalue weighted by Gasteiger charge is -2.26. The van der Waals surface area contributed by atoms with E-state index in [4.69, 9.17) is 4.74 Å². The van der Waals surface area contributed by atoms with Crippen LogP contribution >= 0.6 is 0 Å². The van der Waals surface area contributed by atoms with Crippen LogP contribution in [0.25, 0.3) is 0 Å². The summed E-state index contributed by atoms with van der Waals surface area (Å²) in [7, 11) is 0. The van der Waals surface area contributed by atoms with Gasteiger partial charge in [0, 0.05) is 6.61 Å². The third-order valence-corrected chi connectivity index (χ3v) is 2.82. The van der Waals surface area contributed by atoms with E-state index in [0.29, 0.717) is 0 Å². The highest BCUT2D eigenvalue weighted by Crippen LogP contribution is 2.33. The largest absolute Gasteiger partial charge is 0.375 e. The van der Waals surface area contributed by atoms with Crippen LogP contribution in [0.3, 0.4) is 0 Å². The highest BCUT2D eigenvalue weighted by atomic mass is 16.5. The van der Waals surface area contributed by atoms with Gasteiger partial charge in [0.25, 0.3) is 0 Å². The standard InChI is InChI=1S/C10H20O.CH4/c1-3-5-7-10(4-2)8-6-9-11-10;/h3-9H2,1-2H3;1H4. The Morgan fingerprint density at radius 1 is 1.33 bits per heavy atom. The minimum Gasteiger partial charge on any atom is -0.375 e. The van der Waals surface area contributed by atoms with Gasteiger partial charge in [0.2, 0.25) is 0 Å². The zero-order chi connectivity index (χ0) is 8.16. The lowest BCUT2D eigenvalue weighted by atomic mass is 9.91. The summed E-state index contributed by atoms with van der Waals surface area (Å²) in [6.07, 6.45) is 7.67. The van der Waals surface area contributed by atoms with Gasteiger partial charge >= 0.3 is 0 Å². The number of hydrogen-bond donors (Lipinski definition) is 0. The summed E-state index contributed by atoms with van der Waals surface area (Å²) >= 11 is 0. The second kappa shape index (κ2) is 5.58. The molecule has 1 fully saturated rings. The van der Waals surface area contributed by atoms with Gasteiger partial charge in [-0.2, -0.15) is 0 Å². The molecule has 0 radical (unpaired) electrons. The van der Waals surface area contributed by atoms with Crippen molar-refractivity contribution in [2.45, 2.75) is 65.4 Å². The molecule has 0 aromatic heterocycles. The van der Waals surface area contributed by atoms with Gasteiger partial charge < -0.3 is 4.74 Å². The summed E-state index contributed by atoms with van der Waals surface area (Å²) in [5, 5.41) is 0. The number of hydrogen-bond acceptors (Lipinski definition) is 1. The fourth-order valence-corrected chi connectivity index (χ4v) is 1.91. The lowest BCUT2D eigenvalue weighted by molar-refractivity contribution is -0.00739. The maximum Gasteiger partial charge on any atom is 0.0680 e. The van der Waals surface area contributed by atoms with E-state index in [1.165, 1.54) is 38.5 Å². The first-order chi connectivity index (χ1) is 5.33. The molecule has 1 nitrogen and oxygen atoms in total. The highest BCUT2D eigenvalue weighted by Gasteiger charge is 2.31. The molecule has 0 aromatic carbocycles. The number of ether oxygens (including phenoxy) is 1. The molecule has 0 spiro atoms. The Balaban J connectivity index is 0.00000121. The molecule has 1 heteroatoms. The minimum atomic E-state index is 0. The van der Waals surface area contributed by atoms with Gasteiger partial charge in [-0.05, 0) is 25.7 Å². The lowest BCUT2D eigenvalue weighted by Crippen LogP contribution is -2.26. The van der Waals surface area contributed by atoms with E-state index in [1.807, 2.05) is 0 Å². The molecule has 0 N–H and O–H groups in total. The van der Waals surface area contributed by atoms with Crippen LogP contribution in [-0.4, -0.2) is 12.2 Å². The van der Waals surface area contributed by atoms with Crippen molar-refractivity contribution in [3.63, 3.8) is 0 Å². The van der Waals surface area contributed by atoms with Crippen molar-refractivity contribution in [1.29, 1.82) is 0 Å². The Bertz CT molecular complexity index is 104. The molecule has 1 unspecified atom stereocenters. The van der Waals surface area contributed by atoms with Crippen LogP contribution in [0.5, 0.6) is 0 Å². The van der Waals surface area contributed by atoms with E-state index >= 15 is 0 Å². The molecule has 1 rings (SSSR count). The normalized spacial score (nSPS) is 28.5. The average Bonchev–Trinajstić information content (AvgIpc) is 2.50. The highest BCUT2D eigenvalue weighted by molar-refractivity contribution is 4.83. The second-order valence-electron chi connectivity index (χ2n) is 3.59. The quantitative estimate of drug-likeness (QED) is 0.627. The topological polar surface area (TPSA) is 9.23 Å². The van der Waals surface area contributed by atoms with Crippen molar-refractivity contribution in [3.8, 4) is 0 Å². The van der Waals surface area contributed by atoms with Gasteiger partial charge in [-0.25, -0.2) is 0 Å². The van der Waals surface area contributed by atoms with Crippen molar-refractivity contribution in [1.82, 2.24) is 0 Å². The first-order valence-electron chi connectivity index (χ1n) is 4.97. The van der Waals surface area contributed by atoms with Crippen LogP contribution < -0.4 is 0 Å². The molecule has 74 valence electrons. The smallest absolute Gasteiger partial charge is 0.0680 e. The molecule has 1 heterocycles. The summed E-state index contributed by atoms with van der Waals surface area (Å²) in [5.74, 6) is 0. The molecule has 1 aliphatic rings. The molecule has 0 amide bonds. The van der Waals surface area contributed by atoms with Crippen LogP contribution in [0.15, 0.2) is 0 Å². The first kappa shape index (κ1) is 12.0. The SMILES string of the molecule is C.CCCCC1(CC)CCCO1. The predicted octanol–water partition coefficient (Wildman–Crippen LogP) is 3.77. The Labute approximate surface area is 77.5 Å². The minimum absolute atomic E-state index is 0. The van der Waals surface area contributed by atoms with E-state index in [2.05, 4.69) is 13.8 Å². The molecule has 0 saturated carbocycles. The second-order valence-corrected chi connectivity index (χ2v) is 3.59. The Morgan fingerprint density at radius 2 is 2.08 bits per heavy atom. The van der Waals surface area contributed by atoms with Gasteiger partial charge in [0.05, 0.1) is 5.60 Å². The number of unbranched alkanes of at least 4 members (excludes halogenated alkanes) is 1. The fraction of sp³-hybridized carbons (Fsp3) is 1.00. The van der Waals surface area contributed by atoms with Gasteiger partial charge in [0.15, 0.2) is 0 Å². The molecular weight excluding hydrogens is 148 g/mol. The summed E-state index contributed by atoms with van der Waals surface area (Å²) < 4.78 is 5.79. The monoisotopic (exact) mass is 172 g/mol.